The molecule has 0 radical (unpaired) electrons. The molecule has 1 aromatic heterocycles. The monoisotopic (exact) mass is 945 g/mol. The van der Waals surface area contributed by atoms with Crippen molar-refractivity contribution in [3.05, 3.63) is 151 Å². The summed E-state index contributed by atoms with van der Waals surface area (Å²) in [4.78, 5) is 102. The first-order valence-corrected chi connectivity index (χ1v) is 23.8. The van der Waals surface area contributed by atoms with Crippen molar-refractivity contribution in [2.45, 2.75) is 36.9 Å². The van der Waals surface area contributed by atoms with Crippen molar-refractivity contribution in [2.75, 3.05) is 19.8 Å². The number of hydrogen-bond donors (Lipinski definition) is 0. The molecular weight excluding hydrogens is 913 g/mol. The number of benzene rings is 3. The van der Waals surface area contributed by atoms with E-state index in [-0.39, 0.29) is 36.9 Å². The van der Waals surface area contributed by atoms with Gasteiger partial charge in [-0.3, -0.25) is 30.3 Å². The highest BCUT2D eigenvalue weighted by molar-refractivity contribution is 8.82. The van der Waals surface area contributed by atoms with Crippen LogP contribution in [0.2, 0.25) is 0 Å². The number of nitrogens with zero attached hydrogens (tertiary/aromatic N) is 6. The topological polar surface area (TPSA) is 287 Å². The summed E-state index contributed by atoms with van der Waals surface area (Å²) in [5, 5.41) is 31.1. The molecule has 0 atom stereocenters. The zero-order valence-corrected chi connectivity index (χ0v) is 35.6. The van der Waals surface area contributed by atoms with E-state index in [9.17, 15) is 59.1 Å². The fourth-order valence-electron chi connectivity index (χ4n) is 4.59. The zero-order valence-electron chi connectivity index (χ0n) is 30.7. The minimum atomic E-state index is -1.04. The second kappa shape index (κ2) is 24.1. The van der Waals surface area contributed by atoms with Crippen LogP contribution in [0.5, 0.6) is 0 Å². The Morgan fingerprint density at radius 3 is 0.917 bits per heavy atom. The molecule has 3 N–H and O–H groups in total. The second-order valence-corrected chi connectivity index (χ2v) is 18.2. The molecule has 3 aromatic carbocycles. The van der Waals surface area contributed by atoms with Crippen LogP contribution in [0.3, 0.4) is 0 Å². The Morgan fingerprint density at radius 2 is 0.700 bits per heavy atom. The molecule has 0 unspecified atom stereocenters. The first kappa shape index (κ1) is 47.5. The van der Waals surface area contributed by atoms with Crippen LogP contribution in [0, 0.1) is 30.3 Å². The molecule has 0 fully saturated rings. The van der Waals surface area contributed by atoms with E-state index in [0.717, 1.165) is 81.5 Å². The molecule has 4 aromatic rings. The lowest BCUT2D eigenvalue weighted by Gasteiger charge is -2.11. The molecule has 0 saturated heterocycles. The SMILES string of the molecule is O=c1n(CCOC(=[OH+])SSCc2ccc([N+](=O)[O-])cc2)c(=O)n(CCOC(=[OH+])SSCc2ccc([N+](=O)[O-])cc2)c(=O)n1CCOC(=[OH+])SSCc1ccc([N+](=O)[O-])cc1. The Labute approximate surface area is 360 Å². The van der Waals surface area contributed by atoms with Crippen molar-refractivity contribution in [2.24, 2.45) is 0 Å². The molecule has 0 saturated carbocycles. The summed E-state index contributed by atoms with van der Waals surface area (Å²) in [6, 6.07) is 17.5. The third-order valence-corrected chi connectivity index (χ3v) is 13.4. The lowest BCUT2D eigenvalue weighted by molar-refractivity contribution is -0.385. The first-order chi connectivity index (χ1) is 28.7. The van der Waals surface area contributed by atoms with Crippen LogP contribution in [0.1, 0.15) is 16.7 Å². The van der Waals surface area contributed by atoms with Crippen molar-refractivity contribution in [1.82, 2.24) is 13.7 Å². The van der Waals surface area contributed by atoms with Gasteiger partial charge in [-0.05, 0) is 16.7 Å². The van der Waals surface area contributed by atoms with E-state index in [1.807, 2.05) is 0 Å². The molecule has 60 heavy (non-hydrogen) atoms. The largest absolute Gasteiger partial charge is 0.561 e. The van der Waals surface area contributed by atoms with E-state index in [2.05, 4.69) is 0 Å². The number of ether oxygens (including phenoxy) is 3. The fraction of sp³-hybridized carbons (Fsp3) is 0.273. The van der Waals surface area contributed by atoms with E-state index in [4.69, 9.17) is 14.2 Å². The smallest absolute Gasteiger partial charge is 0.329 e. The highest BCUT2D eigenvalue weighted by atomic mass is 33.1. The van der Waals surface area contributed by atoms with Gasteiger partial charge in [0.15, 0.2) is 0 Å². The number of non-ortho nitro benzene ring substituents is 3. The molecule has 318 valence electrons. The Balaban J connectivity index is 1.34. The molecule has 21 nitrogen and oxygen atoms in total. The van der Waals surface area contributed by atoms with Gasteiger partial charge in [-0.1, -0.05) is 68.8 Å². The summed E-state index contributed by atoms with van der Waals surface area (Å²) >= 11 is 0. The van der Waals surface area contributed by atoms with E-state index < -0.39 is 67.4 Å². The maximum Gasteiger partial charge on any atom is 0.561 e. The standard InChI is InChI=1S/C33H30N6O15S6/c40-28-34(13-16-52-31(43)58-55-19-22-1-7-25(8-2-22)37(46)47)29(41)36(15-18-54-33(45)60-57-21-24-5-11-27(12-6-24)39(50)51)30(42)35(28)14-17-53-32(44)59-56-20-23-3-9-26(10-4-23)38(48)49/h1-12H,13-21H2/p+3. The van der Waals surface area contributed by atoms with Gasteiger partial charge in [-0.15, -0.1) is 0 Å². The van der Waals surface area contributed by atoms with E-state index in [1.165, 1.54) is 36.4 Å². The predicted molar refractivity (Wildman–Crippen MR) is 234 cm³/mol. The van der Waals surface area contributed by atoms with Crippen LogP contribution in [-0.2, 0) is 51.1 Å². The van der Waals surface area contributed by atoms with Gasteiger partial charge in [0.25, 0.3) is 17.1 Å². The predicted octanol–water partition coefficient (Wildman–Crippen LogP) is 5.07. The quantitative estimate of drug-likeness (QED) is 0.0263. The van der Waals surface area contributed by atoms with Gasteiger partial charge in [0, 0.05) is 53.7 Å². The molecule has 0 aliphatic heterocycles. The summed E-state index contributed by atoms with van der Waals surface area (Å²) in [7, 11) is 5.97. The lowest BCUT2D eigenvalue weighted by Crippen LogP contribution is -2.55. The lowest BCUT2D eigenvalue weighted by atomic mass is 10.2. The highest BCUT2D eigenvalue weighted by Gasteiger charge is 2.23. The van der Waals surface area contributed by atoms with Crippen LogP contribution < -0.4 is 17.1 Å². The van der Waals surface area contributed by atoms with Crippen molar-refractivity contribution in [3.8, 4) is 0 Å². The minimum absolute atomic E-state index is 0.0680. The number of carbonyl (C=O) groups excluding carboxylic acids is 3. The Hall–Kier alpha value is -5.22. The highest BCUT2D eigenvalue weighted by Crippen LogP contribution is 2.29. The molecule has 0 bridgehead atoms. The third-order valence-electron chi connectivity index (χ3n) is 7.52. The van der Waals surface area contributed by atoms with Gasteiger partial charge < -0.3 is 28.6 Å². The van der Waals surface area contributed by atoms with Crippen molar-refractivity contribution >= 4 is 97.7 Å². The second-order valence-electron chi connectivity index (χ2n) is 11.5. The van der Waals surface area contributed by atoms with Gasteiger partial charge in [-0.2, -0.15) is 0 Å². The van der Waals surface area contributed by atoms with E-state index in [0.29, 0.717) is 31.0 Å². The van der Waals surface area contributed by atoms with Crippen LogP contribution in [0.25, 0.3) is 0 Å². The molecule has 0 aliphatic rings. The van der Waals surface area contributed by atoms with E-state index in [1.54, 1.807) is 36.4 Å². The maximum atomic E-state index is 13.4. The number of aromatic nitrogens is 3. The summed E-state index contributed by atoms with van der Waals surface area (Å²) < 4.78 is 18.0. The summed E-state index contributed by atoms with van der Waals surface area (Å²) in [5.74, 6) is 1.05. The number of nitro groups is 3. The molecule has 0 amide bonds. The van der Waals surface area contributed by atoms with Gasteiger partial charge in [-0.25, -0.2) is 28.1 Å². The average molecular weight is 946 g/mol. The summed E-state index contributed by atoms with van der Waals surface area (Å²) in [6.45, 7) is -2.41. The molecule has 1 heterocycles. The van der Waals surface area contributed by atoms with Crippen LogP contribution >= 0.6 is 64.8 Å². The molecule has 27 heteroatoms. The normalized spacial score (nSPS) is 10.8. The summed E-state index contributed by atoms with van der Waals surface area (Å²) in [5.41, 5.74) is -1.11. The van der Waals surface area contributed by atoms with Crippen molar-refractivity contribution in [3.63, 3.8) is 0 Å². The van der Waals surface area contributed by atoms with Crippen LogP contribution in [-0.4, -0.2) is 78.6 Å². The molecule has 0 spiro atoms. The maximum absolute atomic E-state index is 13.4. The number of hydrogen-bond acceptors (Lipinski definition) is 18. The molecule has 0 aliphatic carbocycles. The third kappa shape index (κ3) is 15.1. The van der Waals surface area contributed by atoms with Gasteiger partial charge in [0.1, 0.15) is 0 Å². The zero-order chi connectivity index (χ0) is 43.6. The summed E-state index contributed by atoms with van der Waals surface area (Å²) in [6.07, 6.45) is 0. The van der Waals surface area contributed by atoms with Crippen LogP contribution in [0.4, 0.5) is 17.1 Å². The minimum Gasteiger partial charge on any atom is -0.329 e. The molecule has 4 rings (SSSR count). The number of nitro benzene ring substituents is 3. The average Bonchev–Trinajstić information content (AvgIpc) is 3.22. The van der Waals surface area contributed by atoms with Gasteiger partial charge in [0.05, 0.1) is 66.8 Å². The van der Waals surface area contributed by atoms with Crippen molar-refractivity contribution in [1.29, 1.82) is 0 Å². The molecular formula is C33H33N6O15S6+3. The Bertz CT molecular complexity index is 2070. The fourth-order valence-corrected chi connectivity index (χ4v) is 9.54. The van der Waals surface area contributed by atoms with E-state index >= 15 is 0 Å². The van der Waals surface area contributed by atoms with Crippen LogP contribution in [0.15, 0.2) is 87.2 Å². The Kier molecular flexibility index (Phi) is 19.1. The van der Waals surface area contributed by atoms with Gasteiger partial charge in [0.2, 0.25) is 19.8 Å². The van der Waals surface area contributed by atoms with Crippen molar-refractivity contribution < 1.29 is 43.4 Å². The number of rotatable bonds is 21. The Morgan fingerprint density at radius 1 is 0.467 bits per heavy atom. The first-order valence-electron chi connectivity index (χ1n) is 16.8. The van der Waals surface area contributed by atoms with Gasteiger partial charge >= 0.3 is 33.0 Å².